The molecular formula is C13H13FN2S. The lowest BCUT2D eigenvalue weighted by Gasteiger charge is -2.03. The van der Waals surface area contributed by atoms with Crippen molar-refractivity contribution in [2.45, 2.75) is 25.7 Å². The first-order chi connectivity index (χ1) is 8.15. The monoisotopic (exact) mass is 248 g/mol. The molecule has 2 nitrogen and oxygen atoms in total. The molecule has 0 spiro atoms. The topological polar surface area (TPSA) is 38.9 Å². The van der Waals surface area contributed by atoms with Gasteiger partial charge in [-0.05, 0) is 37.5 Å². The minimum atomic E-state index is -0.244. The molecule has 1 aliphatic rings. The first-order valence-corrected chi connectivity index (χ1v) is 6.49. The van der Waals surface area contributed by atoms with Crippen molar-refractivity contribution in [3.8, 4) is 11.3 Å². The Balaban J connectivity index is 2.10. The number of nitrogen functional groups attached to an aromatic ring is 1. The first-order valence-electron chi connectivity index (χ1n) is 5.68. The van der Waals surface area contributed by atoms with Crippen LogP contribution in [-0.2, 0) is 0 Å². The molecule has 2 aromatic rings. The number of nitrogens with two attached hydrogens (primary N) is 1. The summed E-state index contributed by atoms with van der Waals surface area (Å²) < 4.78 is 13.3. The molecule has 0 radical (unpaired) electrons. The van der Waals surface area contributed by atoms with E-state index < -0.39 is 0 Å². The van der Waals surface area contributed by atoms with Gasteiger partial charge < -0.3 is 5.73 Å². The van der Waals surface area contributed by atoms with Crippen molar-refractivity contribution in [2.75, 3.05) is 5.73 Å². The molecule has 1 aromatic heterocycles. The minimum absolute atomic E-state index is 0.244. The van der Waals surface area contributed by atoms with Crippen LogP contribution in [0.3, 0.4) is 0 Å². The molecule has 3 rings (SSSR count). The van der Waals surface area contributed by atoms with E-state index in [1.807, 2.05) is 6.92 Å². The Morgan fingerprint density at radius 3 is 2.88 bits per heavy atom. The maximum absolute atomic E-state index is 13.3. The number of nitrogens with zero attached hydrogens (tertiary/aromatic N) is 1. The normalized spacial score (nSPS) is 15.2. The van der Waals surface area contributed by atoms with Crippen molar-refractivity contribution in [1.82, 2.24) is 4.98 Å². The van der Waals surface area contributed by atoms with Gasteiger partial charge >= 0.3 is 0 Å². The lowest BCUT2D eigenvalue weighted by Crippen LogP contribution is -1.90. The zero-order valence-electron chi connectivity index (χ0n) is 9.53. The number of hydrogen-bond acceptors (Lipinski definition) is 3. The van der Waals surface area contributed by atoms with Crippen molar-refractivity contribution in [2.24, 2.45) is 0 Å². The van der Waals surface area contributed by atoms with Crippen molar-refractivity contribution in [3.05, 3.63) is 34.6 Å². The van der Waals surface area contributed by atoms with E-state index in [4.69, 9.17) is 5.73 Å². The number of aromatic nitrogens is 1. The summed E-state index contributed by atoms with van der Waals surface area (Å²) in [6.07, 6.45) is 2.41. The maximum atomic E-state index is 13.3. The molecule has 0 atom stereocenters. The quantitative estimate of drug-likeness (QED) is 0.879. The van der Waals surface area contributed by atoms with Gasteiger partial charge in [0.25, 0.3) is 0 Å². The molecule has 0 aliphatic heterocycles. The number of aryl methyl sites for hydroxylation is 1. The van der Waals surface area contributed by atoms with Gasteiger partial charge in [0.05, 0.1) is 5.01 Å². The molecule has 2 N–H and O–H groups in total. The molecule has 0 bridgehead atoms. The average Bonchev–Trinajstić information content (AvgIpc) is 3.07. The van der Waals surface area contributed by atoms with Crippen LogP contribution in [0.5, 0.6) is 0 Å². The second-order valence-corrected chi connectivity index (χ2v) is 5.56. The fraction of sp³-hybridized carbons (Fsp3) is 0.308. The van der Waals surface area contributed by atoms with Crippen LogP contribution in [0, 0.1) is 12.7 Å². The van der Waals surface area contributed by atoms with Crippen LogP contribution >= 0.6 is 11.3 Å². The Hall–Kier alpha value is -1.42. The minimum Gasteiger partial charge on any atom is -0.389 e. The predicted molar refractivity (Wildman–Crippen MR) is 68.6 cm³/mol. The van der Waals surface area contributed by atoms with Crippen LogP contribution < -0.4 is 5.73 Å². The number of benzene rings is 1. The SMILES string of the molecule is Cc1ccc(F)cc1-c1nc(C2CC2)sc1N. The van der Waals surface area contributed by atoms with Gasteiger partial charge in [-0.3, -0.25) is 0 Å². The molecule has 0 unspecified atom stereocenters. The van der Waals surface area contributed by atoms with E-state index in [2.05, 4.69) is 4.98 Å². The van der Waals surface area contributed by atoms with Crippen LogP contribution in [0.1, 0.15) is 29.3 Å². The molecule has 17 heavy (non-hydrogen) atoms. The number of thiazole rings is 1. The van der Waals surface area contributed by atoms with Gasteiger partial charge in [-0.2, -0.15) is 0 Å². The van der Waals surface area contributed by atoms with Crippen LogP contribution in [0.15, 0.2) is 18.2 Å². The van der Waals surface area contributed by atoms with Crippen molar-refractivity contribution >= 4 is 16.3 Å². The summed E-state index contributed by atoms with van der Waals surface area (Å²) in [5, 5.41) is 1.79. The van der Waals surface area contributed by atoms with Gasteiger partial charge in [0, 0.05) is 11.5 Å². The highest BCUT2D eigenvalue weighted by atomic mass is 32.1. The molecule has 4 heteroatoms. The Morgan fingerprint density at radius 1 is 1.41 bits per heavy atom. The summed E-state index contributed by atoms with van der Waals surface area (Å²) in [6, 6.07) is 4.74. The third-order valence-electron chi connectivity index (χ3n) is 3.05. The number of rotatable bonds is 2. The van der Waals surface area contributed by atoms with Gasteiger partial charge in [-0.15, -0.1) is 11.3 Å². The molecule has 1 saturated carbocycles. The van der Waals surface area contributed by atoms with Crippen LogP contribution in [0.4, 0.5) is 9.39 Å². The third-order valence-corrected chi connectivity index (χ3v) is 4.10. The van der Waals surface area contributed by atoms with Crippen LogP contribution in [0.25, 0.3) is 11.3 Å². The van der Waals surface area contributed by atoms with E-state index in [-0.39, 0.29) is 5.82 Å². The molecule has 88 valence electrons. The van der Waals surface area contributed by atoms with E-state index in [0.717, 1.165) is 21.8 Å². The highest BCUT2D eigenvalue weighted by molar-refractivity contribution is 7.16. The summed E-state index contributed by atoms with van der Waals surface area (Å²) >= 11 is 1.54. The number of halogens is 1. The van der Waals surface area contributed by atoms with Gasteiger partial charge in [0.2, 0.25) is 0 Å². The molecule has 0 amide bonds. The largest absolute Gasteiger partial charge is 0.389 e. The fourth-order valence-electron chi connectivity index (χ4n) is 1.90. The Labute approximate surface area is 103 Å². The lowest BCUT2D eigenvalue weighted by molar-refractivity contribution is 0.628. The van der Waals surface area contributed by atoms with Gasteiger partial charge in [0.1, 0.15) is 16.5 Å². The molecule has 1 aliphatic carbocycles. The summed E-state index contributed by atoms with van der Waals surface area (Å²) in [4.78, 5) is 4.57. The van der Waals surface area contributed by atoms with Gasteiger partial charge in [0.15, 0.2) is 0 Å². The molecule has 1 heterocycles. The smallest absolute Gasteiger partial charge is 0.123 e. The van der Waals surface area contributed by atoms with Crippen molar-refractivity contribution in [1.29, 1.82) is 0 Å². The standard InChI is InChI=1S/C13H13FN2S/c1-7-2-5-9(14)6-10(7)11-12(15)17-13(16-11)8-3-4-8/h2,5-6,8H,3-4,15H2,1H3. The number of anilines is 1. The summed E-state index contributed by atoms with van der Waals surface area (Å²) in [6.45, 7) is 1.95. The first kappa shape index (κ1) is 10.7. The van der Waals surface area contributed by atoms with E-state index in [1.54, 1.807) is 6.07 Å². The summed E-state index contributed by atoms with van der Waals surface area (Å²) in [5.74, 6) is 0.343. The van der Waals surface area contributed by atoms with E-state index in [9.17, 15) is 4.39 Å². The second kappa shape index (κ2) is 3.81. The maximum Gasteiger partial charge on any atom is 0.123 e. The highest BCUT2D eigenvalue weighted by Gasteiger charge is 2.28. The van der Waals surface area contributed by atoms with E-state index >= 15 is 0 Å². The van der Waals surface area contributed by atoms with Crippen LogP contribution in [0.2, 0.25) is 0 Å². The molecular weight excluding hydrogens is 235 g/mol. The third kappa shape index (κ3) is 1.93. The summed E-state index contributed by atoms with van der Waals surface area (Å²) in [5.41, 5.74) is 8.55. The van der Waals surface area contributed by atoms with Gasteiger partial charge in [-0.25, -0.2) is 9.37 Å². The lowest BCUT2D eigenvalue weighted by atomic mass is 10.1. The zero-order chi connectivity index (χ0) is 12.0. The molecule has 0 saturated heterocycles. The van der Waals surface area contributed by atoms with Gasteiger partial charge in [-0.1, -0.05) is 6.07 Å². The molecule has 1 fully saturated rings. The predicted octanol–water partition coefficient (Wildman–Crippen LogP) is 3.72. The van der Waals surface area contributed by atoms with Crippen LogP contribution in [-0.4, -0.2) is 4.98 Å². The van der Waals surface area contributed by atoms with Crippen molar-refractivity contribution < 1.29 is 4.39 Å². The van der Waals surface area contributed by atoms with E-state index in [0.29, 0.717) is 10.9 Å². The average molecular weight is 248 g/mol. The fourth-order valence-corrected chi connectivity index (χ4v) is 2.91. The van der Waals surface area contributed by atoms with E-state index in [1.165, 1.54) is 36.3 Å². The molecule has 1 aromatic carbocycles. The van der Waals surface area contributed by atoms with Crippen molar-refractivity contribution in [3.63, 3.8) is 0 Å². The highest BCUT2D eigenvalue weighted by Crippen LogP contribution is 2.45. The summed E-state index contributed by atoms with van der Waals surface area (Å²) in [7, 11) is 0. The number of hydrogen-bond donors (Lipinski definition) is 1. The zero-order valence-corrected chi connectivity index (χ0v) is 10.4. The second-order valence-electron chi connectivity index (χ2n) is 4.50. The Bertz CT molecular complexity index is 573. The Kier molecular flexibility index (Phi) is 2.40. The Morgan fingerprint density at radius 2 is 2.18 bits per heavy atom.